The van der Waals surface area contributed by atoms with Crippen molar-refractivity contribution >= 4 is 10.9 Å². The molecule has 34 heavy (non-hydrogen) atoms. The molecular weight excluding hydrogens is 425 g/mol. The SMILES string of the molecule is CC(C)n1cnc(-c2ccc(F)cc2)c1-c1ccc2ncc(C#CC3(O)CCCCC3)cc2c1. The number of fused-ring (bicyclic) bond motifs is 1. The molecule has 0 radical (unpaired) electrons. The Morgan fingerprint density at radius 3 is 2.44 bits per heavy atom. The lowest BCUT2D eigenvalue weighted by atomic mass is 9.85. The summed E-state index contributed by atoms with van der Waals surface area (Å²) >= 11 is 0. The zero-order valence-corrected chi connectivity index (χ0v) is 19.6. The van der Waals surface area contributed by atoms with Crippen LogP contribution in [0.5, 0.6) is 0 Å². The Labute approximate surface area is 199 Å². The van der Waals surface area contributed by atoms with Gasteiger partial charge in [-0.05, 0) is 82.0 Å². The third-order valence-electron chi connectivity index (χ3n) is 6.54. The molecule has 1 saturated carbocycles. The first-order chi connectivity index (χ1) is 16.4. The lowest BCUT2D eigenvalue weighted by Gasteiger charge is -2.26. The van der Waals surface area contributed by atoms with Gasteiger partial charge in [-0.2, -0.15) is 0 Å². The molecule has 4 nitrogen and oxygen atoms in total. The number of rotatable bonds is 3. The van der Waals surface area contributed by atoms with Crippen LogP contribution in [0.4, 0.5) is 4.39 Å². The molecule has 2 aromatic carbocycles. The van der Waals surface area contributed by atoms with Crippen LogP contribution >= 0.6 is 0 Å². The minimum Gasteiger partial charge on any atom is -0.378 e. The van der Waals surface area contributed by atoms with Crippen LogP contribution in [0, 0.1) is 17.7 Å². The summed E-state index contributed by atoms with van der Waals surface area (Å²) in [6.45, 7) is 4.23. The van der Waals surface area contributed by atoms with E-state index in [1.807, 2.05) is 24.5 Å². The highest BCUT2D eigenvalue weighted by molar-refractivity contribution is 5.88. The highest BCUT2D eigenvalue weighted by Crippen LogP contribution is 2.35. The summed E-state index contributed by atoms with van der Waals surface area (Å²) < 4.78 is 15.7. The van der Waals surface area contributed by atoms with Crippen molar-refractivity contribution in [2.45, 2.75) is 57.6 Å². The van der Waals surface area contributed by atoms with Crippen LogP contribution < -0.4 is 0 Å². The van der Waals surface area contributed by atoms with Crippen LogP contribution in [0.3, 0.4) is 0 Å². The molecule has 1 aliphatic rings. The van der Waals surface area contributed by atoms with Crippen molar-refractivity contribution in [3.63, 3.8) is 0 Å². The third-order valence-corrected chi connectivity index (χ3v) is 6.54. The summed E-state index contributed by atoms with van der Waals surface area (Å²) in [5.41, 5.74) is 4.46. The number of nitrogens with zero attached hydrogens (tertiary/aromatic N) is 3. The number of imidazole rings is 1. The monoisotopic (exact) mass is 453 g/mol. The first-order valence-corrected chi connectivity index (χ1v) is 11.9. The van der Waals surface area contributed by atoms with E-state index < -0.39 is 5.60 Å². The van der Waals surface area contributed by atoms with Crippen molar-refractivity contribution in [3.05, 3.63) is 72.4 Å². The van der Waals surface area contributed by atoms with Crippen LogP contribution in [0.15, 0.2) is 61.1 Å². The van der Waals surface area contributed by atoms with Gasteiger partial charge in [-0.25, -0.2) is 9.37 Å². The van der Waals surface area contributed by atoms with Gasteiger partial charge in [0.2, 0.25) is 0 Å². The molecule has 5 rings (SSSR count). The summed E-state index contributed by atoms with van der Waals surface area (Å²) in [5.74, 6) is 5.99. The van der Waals surface area contributed by atoms with Crippen LogP contribution in [0.25, 0.3) is 33.4 Å². The third kappa shape index (κ3) is 4.47. The number of benzene rings is 2. The Balaban J connectivity index is 1.57. The normalized spacial score (nSPS) is 15.3. The molecule has 5 heteroatoms. The fraction of sp³-hybridized carbons (Fsp3) is 0.310. The first-order valence-electron chi connectivity index (χ1n) is 11.9. The Hall–Kier alpha value is -3.49. The Bertz CT molecular complexity index is 1390. The molecule has 2 heterocycles. The summed E-state index contributed by atoms with van der Waals surface area (Å²) in [6.07, 6.45) is 8.27. The Kier molecular flexibility index (Phi) is 5.93. The molecule has 0 unspecified atom stereocenters. The molecule has 1 N–H and O–H groups in total. The molecule has 4 aromatic rings. The Morgan fingerprint density at radius 2 is 1.71 bits per heavy atom. The number of hydrogen-bond acceptors (Lipinski definition) is 3. The van der Waals surface area contributed by atoms with Crippen LogP contribution in [-0.4, -0.2) is 25.2 Å². The molecular formula is C29H28FN3O. The van der Waals surface area contributed by atoms with E-state index in [1.165, 1.54) is 12.1 Å². The quantitative estimate of drug-likeness (QED) is 0.359. The molecule has 0 bridgehead atoms. The van der Waals surface area contributed by atoms with E-state index in [2.05, 4.69) is 46.3 Å². The molecule has 172 valence electrons. The van der Waals surface area contributed by atoms with Gasteiger partial charge in [0.25, 0.3) is 0 Å². The molecule has 1 fully saturated rings. The average Bonchev–Trinajstić information content (AvgIpc) is 3.29. The summed E-state index contributed by atoms with van der Waals surface area (Å²) in [7, 11) is 0. The maximum Gasteiger partial charge on any atom is 0.125 e. The number of aromatic nitrogens is 3. The van der Waals surface area contributed by atoms with Gasteiger partial charge in [-0.1, -0.05) is 24.3 Å². The molecule has 0 amide bonds. The van der Waals surface area contributed by atoms with E-state index in [0.29, 0.717) is 0 Å². The number of pyridine rings is 1. The summed E-state index contributed by atoms with van der Waals surface area (Å²) in [6, 6.07) is 14.8. The van der Waals surface area contributed by atoms with E-state index in [4.69, 9.17) is 0 Å². The highest BCUT2D eigenvalue weighted by atomic mass is 19.1. The zero-order valence-electron chi connectivity index (χ0n) is 19.6. The first kappa shape index (κ1) is 22.3. The smallest absolute Gasteiger partial charge is 0.125 e. The van der Waals surface area contributed by atoms with E-state index in [0.717, 1.165) is 71.1 Å². The lowest BCUT2D eigenvalue weighted by Crippen LogP contribution is -2.29. The predicted molar refractivity (Wildman–Crippen MR) is 134 cm³/mol. The molecule has 0 aliphatic heterocycles. The van der Waals surface area contributed by atoms with Gasteiger partial charge in [0.1, 0.15) is 11.4 Å². The van der Waals surface area contributed by atoms with E-state index in [9.17, 15) is 9.50 Å². The maximum absolute atomic E-state index is 13.5. The predicted octanol–water partition coefficient (Wildman–Crippen LogP) is 6.53. The average molecular weight is 454 g/mol. The van der Waals surface area contributed by atoms with Gasteiger partial charge in [0, 0.05) is 34.3 Å². The molecule has 0 spiro atoms. The van der Waals surface area contributed by atoms with Crippen molar-refractivity contribution < 1.29 is 9.50 Å². The van der Waals surface area contributed by atoms with Gasteiger partial charge in [0.15, 0.2) is 0 Å². The second-order valence-electron chi connectivity index (χ2n) is 9.42. The highest BCUT2D eigenvalue weighted by Gasteiger charge is 2.26. The van der Waals surface area contributed by atoms with E-state index >= 15 is 0 Å². The lowest BCUT2D eigenvalue weighted by molar-refractivity contribution is 0.0610. The number of hydrogen-bond donors (Lipinski definition) is 1. The van der Waals surface area contributed by atoms with Gasteiger partial charge in [-0.3, -0.25) is 4.98 Å². The van der Waals surface area contributed by atoms with E-state index in [1.54, 1.807) is 18.3 Å². The van der Waals surface area contributed by atoms with Crippen molar-refractivity contribution in [2.75, 3.05) is 0 Å². The fourth-order valence-corrected chi connectivity index (χ4v) is 4.65. The van der Waals surface area contributed by atoms with Crippen molar-refractivity contribution in [1.82, 2.24) is 14.5 Å². The minimum absolute atomic E-state index is 0.207. The zero-order chi connectivity index (χ0) is 23.7. The summed E-state index contributed by atoms with van der Waals surface area (Å²) in [4.78, 5) is 9.26. The fourth-order valence-electron chi connectivity index (χ4n) is 4.65. The molecule has 0 saturated heterocycles. The second-order valence-corrected chi connectivity index (χ2v) is 9.42. The maximum atomic E-state index is 13.5. The van der Waals surface area contributed by atoms with Gasteiger partial charge in [-0.15, -0.1) is 0 Å². The second kappa shape index (κ2) is 9.04. The minimum atomic E-state index is -0.886. The van der Waals surface area contributed by atoms with Gasteiger partial charge >= 0.3 is 0 Å². The van der Waals surface area contributed by atoms with Crippen LogP contribution in [0.2, 0.25) is 0 Å². The van der Waals surface area contributed by atoms with Gasteiger partial charge < -0.3 is 9.67 Å². The number of aliphatic hydroxyl groups is 1. The van der Waals surface area contributed by atoms with Crippen LogP contribution in [0.1, 0.15) is 57.6 Å². The van der Waals surface area contributed by atoms with Crippen LogP contribution in [-0.2, 0) is 0 Å². The topological polar surface area (TPSA) is 50.9 Å². The van der Waals surface area contributed by atoms with Gasteiger partial charge in [0.05, 0.1) is 23.2 Å². The standard InChI is InChI=1S/C29H28FN3O/c1-20(2)33-19-32-27(22-6-9-25(30)10-7-22)28(33)23-8-11-26-24(17-23)16-21(18-31-26)12-15-29(34)13-4-3-5-14-29/h6-11,16-20,34H,3-5,13-14H2,1-2H3. The summed E-state index contributed by atoms with van der Waals surface area (Å²) in [5, 5.41) is 11.7. The van der Waals surface area contributed by atoms with E-state index in [-0.39, 0.29) is 11.9 Å². The number of halogens is 1. The Morgan fingerprint density at radius 1 is 0.971 bits per heavy atom. The largest absolute Gasteiger partial charge is 0.378 e. The molecule has 0 atom stereocenters. The van der Waals surface area contributed by atoms with Crippen molar-refractivity contribution in [1.29, 1.82) is 0 Å². The molecule has 1 aliphatic carbocycles. The van der Waals surface area contributed by atoms with Crippen molar-refractivity contribution in [3.8, 4) is 34.4 Å². The van der Waals surface area contributed by atoms with Crippen molar-refractivity contribution in [2.24, 2.45) is 0 Å². The molecule has 2 aromatic heterocycles.